The van der Waals surface area contributed by atoms with Gasteiger partial charge >= 0.3 is 5.69 Å². The Hall–Kier alpha value is -2.43. The van der Waals surface area contributed by atoms with Gasteiger partial charge in [0, 0.05) is 11.6 Å². The molecule has 1 aromatic heterocycles. The van der Waals surface area contributed by atoms with Gasteiger partial charge in [0.15, 0.2) is 0 Å². The van der Waals surface area contributed by atoms with E-state index in [-0.39, 0.29) is 17.6 Å². The number of hydrogen-bond acceptors (Lipinski definition) is 3. The monoisotopic (exact) mass is 297 g/mol. The fourth-order valence-corrected chi connectivity index (χ4v) is 2.79. The zero-order valence-corrected chi connectivity index (χ0v) is 12.6. The first kappa shape index (κ1) is 14.5. The molecule has 114 valence electrons. The van der Waals surface area contributed by atoms with Gasteiger partial charge in [-0.2, -0.15) is 4.98 Å². The molecule has 1 saturated carbocycles. The number of aromatic amines is 1. The lowest BCUT2D eigenvalue weighted by Gasteiger charge is -2.12. The number of nitrogens with zero attached hydrogens (tertiary/aromatic N) is 1. The molecule has 1 aromatic carbocycles. The summed E-state index contributed by atoms with van der Waals surface area (Å²) in [5.74, 6) is -0.236. The molecule has 0 saturated heterocycles. The van der Waals surface area contributed by atoms with E-state index in [1.807, 2.05) is 31.2 Å². The van der Waals surface area contributed by atoms with Crippen LogP contribution in [-0.4, -0.2) is 21.9 Å². The summed E-state index contributed by atoms with van der Waals surface area (Å²) < 4.78 is 0. The van der Waals surface area contributed by atoms with Crippen LogP contribution in [0.1, 0.15) is 41.7 Å². The number of hydrogen-bond donors (Lipinski definition) is 2. The fraction of sp³-hybridized carbons (Fsp3) is 0.353. The molecule has 0 spiro atoms. The van der Waals surface area contributed by atoms with Gasteiger partial charge in [0.25, 0.3) is 5.91 Å². The normalized spacial score (nSPS) is 15.0. The number of carbonyl (C=O) groups excluding carboxylic acids is 1. The molecule has 1 aliphatic carbocycles. The maximum Gasteiger partial charge on any atom is 0.346 e. The zero-order valence-electron chi connectivity index (χ0n) is 12.6. The minimum atomic E-state index is -0.505. The largest absolute Gasteiger partial charge is 0.348 e. The highest BCUT2D eigenvalue weighted by Gasteiger charge is 2.19. The number of rotatable bonds is 3. The summed E-state index contributed by atoms with van der Waals surface area (Å²) >= 11 is 0. The Kier molecular flexibility index (Phi) is 4.04. The van der Waals surface area contributed by atoms with Crippen LogP contribution in [0.2, 0.25) is 0 Å². The highest BCUT2D eigenvalue weighted by molar-refractivity contribution is 5.93. The molecule has 1 aliphatic rings. The number of aromatic nitrogens is 2. The lowest BCUT2D eigenvalue weighted by Crippen LogP contribution is -2.34. The van der Waals surface area contributed by atoms with Gasteiger partial charge in [0.2, 0.25) is 0 Å². The first-order valence-electron chi connectivity index (χ1n) is 7.61. The van der Waals surface area contributed by atoms with E-state index in [2.05, 4.69) is 15.3 Å². The maximum atomic E-state index is 12.3. The molecular weight excluding hydrogens is 278 g/mol. The molecule has 5 heteroatoms. The van der Waals surface area contributed by atoms with Crippen molar-refractivity contribution in [1.29, 1.82) is 0 Å². The first-order valence-corrected chi connectivity index (χ1v) is 7.61. The third-order valence-electron chi connectivity index (χ3n) is 4.03. The van der Waals surface area contributed by atoms with Gasteiger partial charge in [-0.25, -0.2) is 4.79 Å². The smallest absolute Gasteiger partial charge is 0.346 e. The highest BCUT2D eigenvalue weighted by Crippen LogP contribution is 2.19. The Balaban J connectivity index is 1.87. The van der Waals surface area contributed by atoms with E-state index in [4.69, 9.17) is 0 Å². The summed E-state index contributed by atoms with van der Waals surface area (Å²) in [5, 5.41) is 2.97. The zero-order chi connectivity index (χ0) is 15.5. The summed E-state index contributed by atoms with van der Waals surface area (Å²) in [7, 11) is 0. The van der Waals surface area contributed by atoms with Crippen molar-refractivity contribution in [2.24, 2.45) is 0 Å². The number of aryl methyl sites for hydroxylation is 1. The summed E-state index contributed by atoms with van der Waals surface area (Å²) in [6, 6.07) is 9.56. The molecule has 22 heavy (non-hydrogen) atoms. The van der Waals surface area contributed by atoms with Crippen LogP contribution in [0.5, 0.6) is 0 Å². The molecule has 0 aliphatic heterocycles. The predicted molar refractivity (Wildman–Crippen MR) is 84.8 cm³/mol. The Bertz CT molecular complexity index is 728. The second-order valence-electron chi connectivity index (χ2n) is 5.81. The van der Waals surface area contributed by atoms with Crippen LogP contribution in [0.15, 0.2) is 35.1 Å². The predicted octanol–water partition coefficient (Wildman–Crippen LogP) is 2.42. The molecule has 5 nitrogen and oxygen atoms in total. The SMILES string of the molecule is Cc1ccc(-c2cc(C(=O)NC3CCCC3)[nH]c(=O)n2)cc1. The van der Waals surface area contributed by atoms with E-state index < -0.39 is 5.69 Å². The third kappa shape index (κ3) is 3.24. The van der Waals surface area contributed by atoms with Crippen molar-refractivity contribution in [3.63, 3.8) is 0 Å². The van der Waals surface area contributed by atoms with E-state index in [0.29, 0.717) is 5.69 Å². The van der Waals surface area contributed by atoms with Crippen molar-refractivity contribution in [2.45, 2.75) is 38.6 Å². The number of H-pyrrole nitrogens is 1. The second-order valence-corrected chi connectivity index (χ2v) is 5.81. The van der Waals surface area contributed by atoms with Crippen LogP contribution in [-0.2, 0) is 0 Å². The van der Waals surface area contributed by atoms with Crippen molar-refractivity contribution in [1.82, 2.24) is 15.3 Å². The van der Waals surface area contributed by atoms with E-state index in [0.717, 1.165) is 36.8 Å². The van der Waals surface area contributed by atoms with Crippen LogP contribution >= 0.6 is 0 Å². The van der Waals surface area contributed by atoms with E-state index in [9.17, 15) is 9.59 Å². The minimum absolute atomic E-state index is 0.215. The number of benzene rings is 1. The van der Waals surface area contributed by atoms with E-state index in [1.54, 1.807) is 6.07 Å². The van der Waals surface area contributed by atoms with Crippen molar-refractivity contribution in [3.8, 4) is 11.3 Å². The van der Waals surface area contributed by atoms with Crippen molar-refractivity contribution in [2.75, 3.05) is 0 Å². The standard InChI is InChI=1S/C17H19N3O2/c1-11-6-8-12(9-7-11)14-10-15(20-17(22)19-14)16(21)18-13-4-2-3-5-13/h6-10,13H,2-5H2,1H3,(H,18,21)(H,19,20,22). The summed E-state index contributed by atoms with van der Waals surface area (Å²) in [4.78, 5) is 30.5. The van der Waals surface area contributed by atoms with Gasteiger partial charge in [-0.15, -0.1) is 0 Å². The lowest BCUT2D eigenvalue weighted by atomic mass is 10.1. The summed E-state index contributed by atoms with van der Waals surface area (Å²) in [5.41, 5.74) is 2.23. The molecule has 0 unspecified atom stereocenters. The summed E-state index contributed by atoms with van der Waals surface area (Å²) in [6.45, 7) is 2.00. The molecule has 1 amide bonds. The molecule has 2 N–H and O–H groups in total. The van der Waals surface area contributed by atoms with Gasteiger partial charge in [0.1, 0.15) is 5.69 Å². The molecule has 1 heterocycles. The minimum Gasteiger partial charge on any atom is -0.348 e. The van der Waals surface area contributed by atoms with Crippen LogP contribution in [0, 0.1) is 6.92 Å². The van der Waals surface area contributed by atoms with Crippen LogP contribution in [0.3, 0.4) is 0 Å². The van der Waals surface area contributed by atoms with E-state index >= 15 is 0 Å². The van der Waals surface area contributed by atoms with Crippen LogP contribution in [0.4, 0.5) is 0 Å². The number of carbonyl (C=O) groups is 1. The fourth-order valence-electron chi connectivity index (χ4n) is 2.79. The lowest BCUT2D eigenvalue weighted by molar-refractivity contribution is 0.0932. The van der Waals surface area contributed by atoms with Crippen LogP contribution in [0.25, 0.3) is 11.3 Å². The summed E-state index contributed by atoms with van der Waals surface area (Å²) in [6.07, 6.45) is 4.30. The first-order chi connectivity index (χ1) is 10.6. The van der Waals surface area contributed by atoms with Crippen molar-refractivity contribution < 1.29 is 4.79 Å². The molecule has 3 rings (SSSR count). The van der Waals surface area contributed by atoms with Gasteiger partial charge in [-0.05, 0) is 25.8 Å². The Labute approximate surface area is 128 Å². The van der Waals surface area contributed by atoms with Gasteiger partial charge < -0.3 is 10.3 Å². The Morgan fingerprint density at radius 1 is 1.23 bits per heavy atom. The number of nitrogens with one attached hydrogen (secondary N) is 2. The van der Waals surface area contributed by atoms with E-state index in [1.165, 1.54) is 0 Å². The van der Waals surface area contributed by atoms with Crippen molar-refractivity contribution >= 4 is 5.91 Å². The molecule has 1 fully saturated rings. The topological polar surface area (TPSA) is 74.8 Å². The molecule has 0 radical (unpaired) electrons. The third-order valence-corrected chi connectivity index (χ3v) is 4.03. The van der Waals surface area contributed by atoms with Gasteiger partial charge in [-0.1, -0.05) is 42.7 Å². The second kappa shape index (κ2) is 6.13. The number of amides is 1. The van der Waals surface area contributed by atoms with Gasteiger partial charge in [0.05, 0.1) is 5.69 Å². The molecular formula is C17H19N3O2. The van der Waals surface area contributed by atoms with Crippen molar-refractivity contribution in [3.05, 3.63) is 52.1 Å². The van der Waals surface area contributed by atoms with Crippen LogP contribution < -0.4 is 11.0 Å². The molecule has 2 aromatic rings. The van der Waals surface area contributed by atoms with Gasteiger partial charge in [-0.3, -0.25) is 4.79 Å². The molecule has 0 bridgehead atoms. The molecule has 0 atom stereocenters. The quantitative estimate of drug-likeness (QED) is 0.913. The Morgan fingerprint density at radius 2 is 1.91 bits per heavy atom. The average Bonchev–Trinajstić information content (AvgIpc) is 3.00. The highest BCUT2D eigenvalue weighted by atomic mass is 16.2. The maximum absolute atomic E-state index is 12.3. The average molecular weight is 297 g/mol. The Morgan fingerprint density at radius 3 is 2.59 bits per heavy atom.